The first-order valence-corrected chi connectivity index (χ1v) is 8.61. The number of rotatable bonds is 5. The van der Waals surface area contributed by atoms with Crippen LogP contribution in [0.2, 0.25) is 0 Å². The molecule has 0 aliphatic rings. The molecule has 138 valence electrons. The standard InChI is InChI=1S/C11H17N.C4H7NO.CH4O4S/c1-3-11(12)9(2)10-7-5-4-6-8-10;1-3(2)4(5)6;1-5-6(2,3)4/h4-9,11H,3,12H2,1-2H3;1H2,2H3,(H2,5,6);1H3,(H,2,3,4). The number of hydrogen-bond acceptors (Lipinski definition) is 5. The van der Waals surface area contributed by atoms with Crippen molar-refractivity contribution in [2.45, 2.75) is 39.2 Å². The summed E-state index contributed by atoms with van der Waals surface area (Å²) in [5.74, 6) is 0.0335. The molecule has 5 N–H and O–H groups in total. The van der Waals surface area contributed by atoms with Gasteiger partial charge in [-0.05, 0) is 24.8 Å². The van der Waals surface area contributed by atoms with Crippen molar-refractivity contribution >= 4 is 16.3 Å². The van der Waals surface area contributed by atoms with Gasteiger partial charge in [-0.25, -0.2) is 0 Å². The van der Waals surface area contributed by atoms with E-state index < -0.39 is 16.3 Å². The van der Waals surface area contributed by atoms with Gasteiger partial charge in [0.05, 0.1) is 7.11 Å². The fourth-order valence-electron chi connectivity index (χ4n) is 1.36. The summed E-state index contributed by atoms with van der Waals surface area (Å²) in [6, 6.07) is 10.7. The summed E-state index contributed by atoms with van der Waals surface area (Å²) in [5.41, 5.74) is 12.4. The second-order valence-corrected chi connectivity index (χ2v) is 6.20. The molecule has 0 bridgehead atoms. The first-order valence-electron chi connectivity index (χ1n) is 7.25. The first kappa shape index (κ1) is 24.5. The van der Waals surface area contributed by atoms with Crippen LogP contribution < -0.4 is 11.5 Å². The largest absolute Gasteiger partial charge is 0.397 e. The van der Waals surface area contributed by atoms with Crippen molar-refractivity contribution in [2.24, 2.45) is 11.5 Å². The minimum absolute atomic E-state index is 0.285. The van der Waals surface area contributed by atoms with Crippen LogP contribution in [0.15, 0.2) is 42.5 Å². The molecule has 1 rings (SSSR count). The molecule has 7 nitrogen and oxygen atoms in total. The summed E-state index contributed by atoms with van der Waals surface area (Å²) < 4.78 is 29.7. The van der Waals surface area contributed by atoms with Crippen molar-refractivity contribution in [3.63, 3.8) is 0 Å². The zero-order valence-electron chi connectivity index (χ0n) is 14.6. The molecule has 0 saturated heterocycles. The van der Waals surface area contributed by atoms with E-state index in [0.29, 0.717) is 11.5 Å². The van der Waals surface area contributed by atoms with E-state index in [1.54, 1.807) is 6.92 Å². The van der Waals surface area contributed by atoms with Crippen LogP contribution in [-0.2, 0) is 19.4 Å². The average molecular weight is 360 g/mol. The maximum atomic E-state index is 9.82. The average Bonchev–Trinajstić information content (AvgIpc) is 2.54. The number of carbonyl (C=O) groups excluding carboxylic acids is 1. The van der Waals surface area contributed by atoms with Crippen LogP contribution in [0.4, 0.5) is 0 Å². The Kier molecular flexibility index (Phi) is 12.9. The predicted octanol–water partition coefficient (Wildman–Crippen LogP) is 2.01. The number of hydrogen-bond donors (Lipinski definition) is 3. The highest BCUT2D eigenvalue weighted by Gasteiger charge is 2.11. The molecule has 2 unspecified atom stereocenters. The van der Waals surface area contributed by atoms with Crippen molar-refractivity contribution in [2.75, 3.05) is 7.11 Å². The maximum Gasteiger partial charge on any atom is 0.397 e. The van der Waals surface area contributed by atoms with Gasteiger partial charge < -0.3 is 11.5 Å². The fourth-order valence-corrected chi connectivity index (χ4v) is 1.36. The molecule has 0 aromatic heterocycles. The number of primary amides is 1. The second kappa shape index (κ2) is 12.7. The van der Waals surface area contributed by atoms with Crippen LogP contribution in [0.5, 0.6) is 0 Å². The smallest absolute Gasteiger partial charge is 0.366 e. The third-order valence-electron chi connectivity index (χ3n) is 3.07. The Balaban J connectivity index is 0. The van der Waals surface area contributed by atoms with E-state index in [0.717, 1.165) is 13.5 Å². The molecular weight excluding hydrogens is 332 g/mol. The summed E-state index contributed by atoms with van der Waals surface area (Å²) in [5, 5.41) is 0. The number of carbonyl (C=O) groups is 1. The van der Waals surface area contributed by atoms with E-state index in [2.05, 4.69) is 48.9 Å². The molecule has 0 fully saturated rings. The van der Waals surface area contributed by atoms with Crippen molar-refractivity contribution in [3.05, 3.63) is 48.0 Å². The molecule has 0 aliphatic carbocycles. The lowest BCUT2D eigenvalue weighted by Crippen LogP contribution is -2.25. The van der Waals surface area contributed by atoms with Crippen LogP contribution >= 0.6 is 0 Å². The summed E-state index contributed by atoms with van der Waals surface area (Å²) in [4.78, 5) is 9.82. The zero-order chi connectivity index (χ0) is 19.3. The highest BCUT2D eigenvalue weighted by molar-refractivity contribution is 7.80. The van der Waals surface area contributed by atoms with Crippen molar-refractivity contribution in [1.29, 1.82) is 0 Å². The normalized spacial score (nSPS) is 12.6. The van der Waals surface area contributed by atoms with Gasteiger partial charge in [-0.15, -0.1) is 0 Å². The summed E-state index contributed by atoms with van der Waals surface area (Å²) in [6.45, 7) is 9.16. The van der Waals surface area contributed by atoms with Gasteiger partial charge in [-0.2, -0.15) is 8.42 Å². The Morgan fingerprint density at radius 1 is 1.33 bits per heavy atom. The molecule has 0 spiro atoms. The first-order chi connectivity index (χ1) is 11.0. The Bertz CT molecular complexity index is 576. The molecule has 8 heteroatoms. The van der Waals surface area contributed by atoms with E-state index in [4.69, 9.17) is 16.0 Å². The number of amides is 1. The molecule has 1 aromatic carbocycles. The number of benzene rings is 1. The lowest BCUT2D eigenvalue weighted by atomic mass is 9.92. The topological polar surface area (TPSA) is 133 Å². The van der Waals surface area contributed by atoms with Gasteiger partial charge in [-0.3, -0.25) is 13.5 Å². The SMILES string of the molecule is C=C(C)C(N)=O.CCC(N)C(C)c1ccccc1.COS(=O)(=O)O. The Labute approximate surface area is 144 Å². The molecule has 1 amide bonds. The van der Waals surface area contributed by atoms with Gasteiger partial charge in [0.1, 0.15) is 0 Å². The highest BCUT2D eigenvalue weighted by atomic mass is 32.3. The minimum Gasteiger partial charge on any atom is -0.366 e. The molecule has 0 saturated carbocycles. The van der Waals surface area contributed by atoms with Gasteiger partial charge >= 0.3 is 10.4 Å². The van der Waals surface area contributed by atoms with Crippen LogP contribution in [0.1, 0.15) is 38.7 Å². The van der Waals surface area contributed by atoms with Crippen LogP contribution in [0, 0.1) is 0 Å². The summed E-state index contributed by atoms with van der Waals surface area (Å²) in [6.07, 6.45) is 1.04. The Morgan fingerprint density at radius 2 is 1.71 bits per heavy atom. The van der Waals surface area contributed by atoms with Gasteiger partial charge in [-0.1, -0.05) is 50.8 Å². The molecule has 0 radical (unpaired) electrons. The third-order valence-corrected chi connectivity index (χ3v) is 3.49. The van der Waals surface area contributed by atoms with Gasteiger partial charge in [0.25, 0.3) is 0 Å². The van der Waals surface area contributed by atoms with E-state index in [9.17, 15) is 13.2 Å². The maximum absolute atomic E-state index is 9.82. The number of nitrogens with two attached hydrogens (primary N) is 2. The molecule has 0 aliphatic heterocycles. The third kappa shape index (κ3) is 13.9. The van der Waals surface area contributed by atoms with E-state index in [1.165, 1.54) is 5.56 Å². The van der Waals surface area contributed by atoms with Gasteiger partial charge in [0.2, 0.25) is 5.91 Å². The monoisotopic (exact) mass is 360 g/mol. The van der Waals surface area contributed by atoms with E-state index in [1.807, 2.05) is 6.07 Å². The second-order valence-electron chi connectivity index (χ2n) is 5.01. The summed E-state index contributed by atoms with van der Waals surface area (Å²) >= 11 is 0. The lowest BCUT2D eigenvalue weighted by Gasteiger charge is -2.18. The van der Waals surface area contributed by atoms with Crippen molar-refractivity contribution in [3.8, 4) is 0 Å². The quantitative estimate of drug-likeness (QED) is 0.543. The Hall–Kier alpha value is -1.74. The predicted molar refractivity (Wildman–Crippen MR) is 95.7 cm³/mol. The lowest BCUT2D eigenvalue weighted by molar-refractivity contribution is -0.114. The van der Waals surface area contributed by atoms with Crippen LogP contribution in [-0.4, -0.2) is 32.0 Å². The van der Waals surface area contributed by atoms with E-state index in [-0.39, 0.29) is 6.04 Å². The minimum atomic E-state index is -4.16. The highest BCUT2D eigenvalue weighted by Crippen LogP contribution is 2.18. The molecular formula is C16H28N2O5S. The van der Waals surface area contributed by atoms with Crippen molar-refractivity contribution < 1.29 is 21.9 Å². The summed E-state index contributed by atoms with van der Waals surface area (Å²) in [7, 11) is -3.29. The van der Waals surface area contributed by atoms with E-state index >= 15 is 0 Å². The molecule has 2 atom stereocenters. The van der Waals surface area contributed by atoms with Crippen LogP contribution in [0.25, 0.3) is 0 Å². The molecule has 0 heterocycles. The van der Waals surface area contributed by atoms with Gasteiger partial charge in [0.15, 0.2) is 0 Å². The fraction of sp³-hybridized carbons (Fsp3) is 0.438. The van der Waals surface area contributed by atoms with Gasteiger partial charge in [0, 0.05) is 11.6 Å². The zero-order valence-corrected chi connectivity index (χ0v) is 15.4. The van der Waals surface area contributed by atoms with Crippen molar-refractivity contribution in [1.82, 2.24) is 0 Å². The molecule has 24 heavy (non-hydrogen) atoms. The molecule has 1 aromatic rings. The van der Waals surface area contributed by atoms with Crippen LogP contribution in [0.3, 0.4) is 0 Å². The Morgan fingerprint density at radius 3 is 1.96 bits per heavy atom.